The Morgan fingerprint density at radius 3 is 2.90 bits per heavy atom. The van der Waals surface area contributed by atoms with Crippen molar-refractivity contribution in [2.45, 2.75) is 0 Å². The molecule has 1 aromatic heterocycles. The standard InChI is InChI=1S/C13H11N3O3S/c14-13(20)16-15-7-10-4-5-11(19-10)8-2-1-3-9(6-8)12(17)18/h1-7H,(H,17,18)(H3,14,16,20)/b15-7+. The number of carbonyl (C=O) groups is 1. The van der Waals surface area contributed by atoms with Crippen LogP contribution in [0.25, 0.3) is 11.3 Å². The monoisotopic (exact) mass is 289 g/mol. The average Bonchev–Trinajstić information content (AvgIpc) is 2.87. The first kappa shape index (κ1) is 13.8. The van der Waals surface area contributed by atoms with Gasteiger partial charge in [-0.25, -0.2) is 4.79 Å². The zero-order valence-corrected chi connectivity index (χ0v) is 11.1. The number of hydrazone groups is 1. The van der Waals surface area contributed by atoms with Crippen molar-refractivity contribution in [2.75, 3.05) is 0 Å². The highest BCUT2D eigenvalue weighted by Gasteiger charge is 2.07. The molecule has 0 aliphatic carbocycles. The Kier molecular flexibility index (Phi) is 4.11. The van der Waals surface area contributed by atoms with Gasteiger partial charge in [0.05, 0.1) is 11.8 Å². The fraction of sp³-hybridized carbons (Fsp3) is 0. The number of thiocarbonyl (C=S) groups is 1. The van der Waals surface area contributed by atoms with E-state index in [1.54, 1.807) is 24.3 Å². The molecule has 7 heteroatoms. The molecule has 6 nitrogen and oxygen atoms in total. The van der Waals surface area contributed by atoms with Crippen molar-refractivity contribution in [3.63, 3.8) is 0 Å². The topological polar surface area (TPSA) is 101 Å². The highest BCUT2D eigenvalue weighted by atomic mass is 32.1. The van der Waals surface area contributed by atoms with E-state index in [9.17, 15) is 4.79 Å². The molecule has 0 aliphatic heterocycles. The summed E-state index contributed by atoms with van der Waals surface area (Å²) in [6.45, 7) is 0. The average molecular weight is 289 g/mol. The number of rotatable bonds is 4. The Labute approximate surface area is 119 Å². The van der Waals surface area contributed by atoms with Crippen LogP contribution in [-0.4, -0.2) is 22.4 Å². The highest BCUT2D eigenvalue weighted by Crippen LogP contribution is 2.22. The summed E-state index contributed by atoms with van der Waals surface area (Å²) in [5, 5.41) is 12.8. The van der Waals surface area contributed by atoms with Crippen molar-refractivity contribution in [3.8, 4) is 11.3 Å². The summed E-state index contributed by atoms with van der Waals surface area (Å²) in [6, 6.07) is 9.90. The lowest BCUT2D eigenvalue weighted by Gasteiger charge is -1.99. The van der Waals surface area contributed by atoms with Crippen molar-refractivity contribution in [3.05, 3.63) is 47.7 Å². The summed E-state index contributed by atoms with van der Waals surface area (Å²) < 4.78 is 5.52. The van der Waals surface area contributed by atoms with Gasteiger partial charge < -0.3 is 15.3 Å². The Bertz CT molecular complexity index is 679. The second kappa shape index (κ2) is 5.98. The first-order valence-electron chi connectivity index (χ1n) is 5.58. The molecule has 102 valence electrons. The molecule has 0 unspecified atom stereocenters. The number of hydrogen-bond donors (Lipinski definition) is 3. The summed E-state index contributed by atoms with van der Waals surface area (Å²) in [6.07, 6.45) is 1.42. The minimum atomic E-state index is -0.985. The Balaban J connectivity index is 2.20. The van der Waals surface area contributed by atoms with Crippen LogP contribution >= 0.6 is 12.2 Å². The van der Waals surface area contributed by atoms with Crippen molar-refractivity contribution in [1.29, 1.82) is 0 Å². The maximum Gasteiger partial charge on any atom is 0.335 e. The lowest BCUT2D eigenvalue weighted by Crippen LogP contribution is -2.23. The van der Waals surface area contributed by atoms with Gasteiger partial charge in [-0.3, -0.25) is 5.43 Å². The predicted molar refractivity (Wildman–Crippen MR) is 78.6 cm³/mol. The van der Waals surface area contributed by atoms with Crippen LogP contribution in [0.2, 0.25) is 0 Å². The van der Waals surface area contributed by atoms with Crippen LogP contribution in [0, 0.1) is 0 Å². The number of nitrogens with two attached hydrogens (primary N) is 1. The molecule has 2 aromatic rings. The molecule has 4 N–H and O–H groups in total. The van der Waals surface area contributed by atoms with Crippen LogP contribution in [-0.2, 0) is 0 Å². The zero-order valence-electron chi connectivity index (χ0n) is 10.2. The molecule has 0 radical (unpaired) electrons. The van der Waals surface area contributed by atoms with Crippen molar-refractivity contribution in [2.24, 2.45) is 10.8 Å². The molecule has 1 aromatic carbocycles. The lowest BCUT2D eigenvalue weighted by atomic mass is 10.1. The van der Waals surface area contributed by atoms with Gasteiger partial charge in [-0.2, -0.15) is 5.10 Å². The fourth-order valence-corrected chi connectivity index (χ4v) is 1.60. The van der Waals surface area contributed by atoms with Crippen molar-refractivity contribution >= 4 is 29.5 Å². The third-order valence-corrected chi connectivity index (χ3v) is 2.48. The molecule has 1 heterocycles. The van der Waals surface area contributed by atoms with Crippen LogP contribution < -0.4 is 11.2 Å². The van der Waals surface area contributed by atoms with Gasteiger partial charge in [-0.05, 0) is 36.5 Å². The first-order valence-corrected chi connectivity index (χ1v) is 5.99. The number of nitrogens with zero attached hydrogens (tertiary/aromatic N) is 1. The third kappa shape index (κ3) is 3.42. The SMILES string of the molecule is NC(=S)N/N=C/c1ccc(-c2cccc(C(=O)O)c2)o1. The van der Waals surface area contributed by atoms with E-state index in [-0.39, 0.29) is 10.7 Å². The molecule has 0 bridgehead atoms. The Morgan fingerprint density at radius 2 is 2.20 bits per heavy atom. The van der Waals surface area contributed by atoms with Crippen LogP contribution in [0.3, 0.4) is 0 Å². The Hall–Kier alpha value is -2.67. The Morgan fingerprint density at radius 1 is 1.40 bits per heavy atom. The van der Waals surface area contributed by atoms with Crippen LogP contribution in [0.1, 0.15) is 16.1 Å². The number of nitrogens with one attached hydrogen (secondary N) is 1. The zero-order chi connectivity index (χ0) is 14.5. The van der Waals surface area contributed by atoms with Gasteiger partial charge in [0.25, 0.3) is 0 Å². The second-order valence-corrected chi connectivity index (χ2v) is 4.26. The van der Waals surface area contributed by atoms with Gasteiger partial charge in [0.1, 0.15) is 11.5 Å². The van der Waals surface area contributed by atoms with Gasteiger partial charge in [0.2, 0.25) is 0 Å². The van der Waals surface area contributed by atoms with E-state index in [2.05, 4.69) is 22.7 Å². The van der Waals surface area contributed by atoms with E-state index in [0.29, 0.717) is 17.1 Å². The number of carboxylic acids is 1. The molecule has 0 fully saturated rings. The summed E-state index contributed by atoms with van der Waals surface area (Å²) >= 11 is 4.60. The predicted octanol–water partition coefficient (Wildman–Crippen LogP) is 1.81. The summed E-state index contributed by atoms with van der Waals surface area (Å²) in [5.74, 6) is 0.0511. The third-order valence-electron chi connectivity index (χ3n) is 2.39. The summed E-state index contributed by atoms with van der Waals surface area (Å²) in [5.41, 5.74) is 8.50. The quantitative estimate of drug-likeness (QED) is 0.451. The van der Waals surface area contributed by atoms with Crippen LogP contribution in [0.15, 0.2) is 45.9 Å². The van der Waals surface area contributed by atoms with E-state index in [4.69, 9.17) is 15.3 Å². The van der Waals surface area contributed by atoms with Crippen LogP contribution in [0.4, 0.5) is 0 Å². The van der Waals surface area contributed by atoms with Crippen molar-refractivity contribution < 1.29 is 14.3 Å². The second-order valence-electron chi connectivity index (χ2n) is 3.82. The van der Waals surface area contributed by atoms with E-state index >= 15 is 0 Å². The van der Waals surface area contributed by atoms with E-state index in [1.807, 2.05) is 0 Å². The number of carboxylic acid groups (broad SMARTS) is 1. The van der Waals surface area contributed by atoms with Gasteiger partial charge >= 0.3 is 5.97 Å². The molecule has 0 saturated heterocycles. The summed E-state index contributed by atoms with van der Waals surface area (Å²) in [4.78, 5) is 10.9. The van der Waals surface area contributed by atoms with Gasteiger partial charge in [-0.1, -0.05) is 12.1 Å². The lowest BCUT2D eigenvalue weighted by molar-refractivity contribution is 0.0697. The fourth-order valence-electron chi connectivity index (χ4n) is 1.54. The minimum absolute atomic E-state index is 0.0576. The molecular formula is C13H11N3O3S. The highest BCUT2D eigenvalue weighted by molar-refractivity contribution is 7.80. The molecule has 0 aliphatic rings. The van der Waals surface area contributed by atoms with Gasteiger partial charge in [-0.15, -0.1) is 0 Å². The summed E-state index contributed by atoms with van der Waals surface area (Å²) in [7, 11) is 0. The molecule has 0 amide bonds. The number of aromatic carboxylic acids is 1. The van der Waals surface area contributed by atoms with E-state index < -0.39 is 5.97 Å². The normalized spacial score (nSPS) is 10.6. The molecule has 0 saturated carbocycles. The smallest absolute Gasteiger partial charge is 0.335 e. The maximum atomic E-state index is 10.9. The van der Waals surface area contributed by atoms with Gasteiger partial charge in [0, 0.05) is 5.56 Å². The number of benzene rings is 1. The molecule has 0 atom stereocenters. The molecule has 2 rings (SSSR count). The maximum absolute atomic E-state index is 10.9. The number of furan rings is 1. The molecular weight excluding hydrogens is 278 g/mol. The first-order chi connectivity index (χ1) is 9.56. The van der Waals surface area contributed by atoms with E-state index in [0.717, 1.165) is 0 Å². The molecule has 20 heavy (non-hydrogen) atoms. The van der Waals surface area contributed by atoms with Gasteiger partial charge in [0.15, 0.2) is 5.11 Å². The number of hydrogen-bond acceptors (Lipinski definition) is 4. The van der Waals surface area contributed by atoms with Crippen LogP contribution in [0.5, 0.6) is 0 Å². The molecule has 0 spiro atoms. The minimum Gasteiger partial charge on any atom is -0.478 e. The van der Waals surface area contributed by atoms with E-state index in [1.165, 1.54) is 18.3 Å². The largest absolute Gasteiger partial charge is 0.478 e. The van der Waals surface area contributed by atoms with Crippen molar-refractivity contribution in [1.82, 2.24) is 5.43 Å².